The molecule has 0 bridgehead atoms. The normalized spacial score (nSPS) is 10.6. The highest BCUT2D eigenvalue weighted by molar-refractivity contribution is 6.97. The summed E-state index contributed by atoms with van der Waals surface area (Å²) in [6.45, 7) is 13.4. The van der Waals surface area contributed by atoms with E-state index in [9.17, 15) is 0 Å². The lowest BCUT2D eigenvalue weighted by Gasteiger charge is -2.25. The summed E-state index contributed by atoms with van der Waals surface area (Å²) in [6, 6.07) is 17.5. The van der Waals surface area contributed by atoms with Crippen LogP contribution in [0.15, 0.2) is 48.5 Å². The molecule has 0 saturated carbocycles. The Morgan fingerprint density at radius 3 is 1.48 bits per heavy atom. The quantitative estimate of drug-likeness (QED) is 0.494. The first kappa shape index (κ1) is 19.1. The van der Waals surface area contributed by atoms with Crippen molar-refractivity contribution in [2.75, 3.05) is 0 Å². The number of benzene rings is 3. The Balaban J connectivity index is 2.42. The maximum atomic E-state index is 5.90. The molecule has 0 aliphatic carbocycles. The van der Waals surface area contributed by atoms with Gasteiger partial charge in [-0.2, -0.15) is 0 Å². The monoisotopic (exact) mass is 350 g/mol. The fraction of sp³-hybridized carbons (Fsp3) is 0.231. The second kappa shape index (κ2) is 7.49. The van der Waals surface area contributed by atoms with E-state index < -0.39 is 0 Å². The summed E-state index contributed by atoms with van der Waals surface area (Å²) in [6.07, 6.45) is 5.90. The van der Waals surface area contributed by atoms with Crippen LogP contribution in [0.25, 0.3) is 0 Å². The van der Waals surface area contributed by atoms with Crippen LogP contribution in [-0.2, 0) is 0 Å². The van der Waals surface area contributed by atoms with Gasteiger partial charge in [0.15, 0.2) is 0 Å². The van der Waals surface area contributed by atoms with E-state index in [0.717, 1.165) is 5.56 Å². The van der Waals surface area contributed by atoms with Gasteiger partial charge >= 0.3 is 0 Å². The van der Waals surface area contributed by atoms with E-state index in [2.05, 4.69) is 89.9 Å². The molecular weight excluding hydrogens is 323 g/mol. The third-order valence-corrected chi connectivity index (χ3v) is 5.48. The fourth-order valence-electron chi connectivity index (χ4n) is 4.63. The van der Waals surface area contributed by atoms with E-state index in [-0.39, 0.29) is 6.71 Å². The van der Waals surface area contributed by atoms with E-state index in [4.69, 9.17) is 6.42 Å². The zero-order chi connectivity index (χ0) is 19.7. The van der Waals surface area contributed by atoms with Gasteiger partial charge < -0.3 is 0 Å². The second-order valence-corrected chi connectivity index (χ2v) is 7.79. The molecule has 0 atom stereocenters. The van der Waals surface area contributed by atoms with E-state index in [1.54, 1.807) is 0 Å². The van der Waals surface area contributed by atoms with Gasteiger partial charge in [0.05, 0.1) is 0 Å². The van der Waals surface area contributed by atoms with Crippen molar-refractivity contribution in [2.45, 2.75) is 41.5 Å². The number of aryl methyl sites for hydroxylation is 6. The first-order valence-electron chi connectivity index (χ1n) is 9.54. The predicted octanol–water partition coefficient (Wildman–Crippen LogP) is 4.03. The van der Waals surface area contributed by atoms with E-state index >= 15 is 0 Å². The van der Waals surface area contributed by atoms with E-state index in [0.29, 0.717) is 0 Å². The molecule has 0 aliphatic rings. The minimum Gasteiger partial charge on any atom is -0.115 e. The minimum atomic E-state index is 0.137. The Kier molecular flexibility index (Phi) is 5.29. The summed E-state index contributed by atoms with van der Waals surface area (Å²) in [4.78, 5) is 0. The largest absolute Gasteiger partial charge is 0.244 e. The summed E-state index contributed by atoms with van der Waals surface area (Å²) in [5.74, 6) is 2.92. The molecule has 0 saturated heterocycles. The summed E-state index contributed by atoms with van der Waals surface area (Å²) >= 11 is 0. The maximum absolute atomic E-state index is 5.90. The van der Waals surface area contributed by atoms with Crippen LogP contribution >= 0.6 is 0 Å². The molecule has 0 nitrogen and oxygen atoms in total. The average Bonchev–Trinajstić information content (AvgIpc) is 2.58. The van der Waals surface area contributed by atoms with Crippen molar-refractivity contribution in [3.8, 4) is 12.3 Å². The molecular formula is C26H27B. The summed E-state index contributed by atoms with van der Waals surface area (Å²) < 4.78 is 0. The van der Waals surface area contributed by atoms with Gasteiger partial charge in [-0.3, -0.25) is 0 Å². The Hall–Kier alpha value is -2.72. The SMILES string of the molecule is C#Cc1ccccc1B(c1c(C)cc(C)cc1C)c1c(C)cc(C)cc1C. The Morgan fingerprint density at radius 2 is 1.07 bits per heavy atom. The highest BCUT2D eigenvalue weighted by Gasteiger charge is 2.29. The van der Waals surface area contributed by atoms with Gasteiger partial charge in [0.2, 0.25) is 6.71 Å². The van der Waals surface area contributed by atoms with Crippen LogP contribution in [0.5, 0.6) is 0 Å². The molecule has 134 valence electrons. The van der Waals surface area contributed by atoms with Gasteiger partial charge in [-0.1, -0.05) is 98.2 Å². The lowest BCUT2D eigenvalue weighted by atomic mass is 9.33. The molecule has 0 radical (unpaired) electrons. The van der Waals surface area contributed by atoms with Gasteiger partial charge in [0, 0.05) is 5.56 Å². The van der Waals surface area contributed by atoms with Crippen LogP contribution in [0.2, 0.25) is 0 Å². The van der Waals surface area contributed by atoms with Crippen LogP contribution in [-0.4, -0.2) is 6.71 Å². The first-order valence-corrected chi connectivity index (χ1v) is 9.54. The predicted molar refractivity (Wildman–Crippen MR) is 120 cm³/mol. The van der Waals surface area contributed by atoms with Crippen LogP contribution in [0, 0.1) is 53.9 Å². The molecule has 3 rings (SSSR count). The van der Waals surface area contributed by atoms with Crippen LogP contribution in [0.1, 0.15) is 38.9 Å². The first-order chi connectivity index (χ1) is 12.8. The molecule has 0 unspecified atom stereocenters. The third-order valence-electron chi connectivity index (χ3n) is 5.48. The van der Waals surface area contributed by atoms with E-state index in [1.165, 1.54) is 49.8 Å². The van der Waals surface area contributed by atoms with Crippen LogP contribution < -0.4 is 16.4 Å². The van der Waals surface area contributed by atoms with Gasteiger partial charge in [0.25, 0.3) is 0 Å². The number of rotatable bonds is 3. The Morgan fingerprint density at radius 1 is 0.667 bits per heavy atom. The van der Waals surface area contributed by atoms with Crippen molar-refractivity contribution in [1.29, 1.82) is 0 Å². The number of hydrogen-bond acceptors (Lipinski definition) is 0. The minimum absolute atomic E-state index is 0.137. The average molecular weight is 350 g/mol. The molecule has 0 N–H and O–H groups in total. The van der Waals surface area contributed by atoms with Crippen molar-refractivity contribution in [3.05, 3.63) is 87.5 Å². The lowest BCUT2D eigenvalue weighted by molar-refractivity contribution is 1.34. The molecule has 0 spiro atoms. The summed E-state index contributed by atoms with van der Waals surface area (Å²) in [7, 11) is 0. The molecule has 0 heterocycles. The summed E-state index contributed by atoms with van der Waals surface area (Å²) in [5.41, 5.74) is 12.8. The molecule has 0 aromatic heterocycles. The fourth-order valence-corrected chi connectivity index (χ4v) is 4.63. The van der Waals surface area contributed by atoms with Gasteiger partial charge in [-0.05, 0) is 47.6 Å². The van der Waals surface area contributed by atoms with Crippen molar-refractivity contribution < 1.29 is 0 Å². The molecule has 3 aromatic rings. The third kappa shape index (κ3) is 3.58. The van der Waals surface area contributed by atoms with Crippen molar-refractivity contribution in [3.63, 3.8) is 0 Å². The number of terminal acetylenes is 1. The number of hydrogen-bond donors (Lipinski definition) is 0. The Bertz CT molecular complexity index is 947. The van der Waals surface area contributed by atoms with Crippen LogP contribution in [0.4, 0.5) is 0 Å². The van der Waals surface area contributed by atoms with Gasteiger partial charge in [-0.15, -0.1) is 6.42 Å². The molecule has 0 fully saturated rings. The van der Waals surface area contributed by atoms with E-state index in [1.807, 2.05) is 6.07 Å². The molecule has 0 aliphatic heterocycles. The smallest absolute Gasteiger partial charge is 0.115 e. The zero-order valence-corrected chi connectivity index (χ0v) is 17.3. The highest BCUT2D eigenvalue weighted by atomic mass is 14.1. The van der Waals surface area contributed by atoms with Crippen molar-refractivity contribution in [1.82, 2.24) is 0 Å². The van der Waals surface area contributed by atoms with Gasteiger partial charge in [0.1, 0.15) is 0 Å². The lowest BCUT2D eigenvalue weighted by Crippen LogP contribution is -2.56. The molecule has 1 heteroatoms. The molecule has 3 aromatic carbocycles. The topological polar surface area (TPSA) is 0 Å². The zero-order valence-electron chi connectivity index (χ0n) is 17.3. The Labute approximate surface area is 164 Å². The highest BCUT2D eigenvalue weighted by Crippen LogP contribution is 2.13. The second-order valence-electron chi connectivity index (χ2n) is 7.79. The summed E-state index contributed by atoms with van der Waals surface area (Å²) in [5, 5.41) is 0. The van der Waals surface area contributed by atoms with Crippen molar-refractivity contribution >= 4 is 23.1 Å². The van der Waals surface area contributed by atoms with Crippen molar-refractivity contribution in [2.24, 2.45) is 0 Å². The van der Waals surface area contributed by atoms with Crippen LogP contribution in [0.3, 0.4) is 0 Å². The molecule has 27 heavy (non-hydrogen) atoms. The van der Waals surface area contributed by atoms with Gasteiger partial charge in [-0.25, -0.2) is 0 Å². The standard InChI is InChI=1S/C26H27B/c1-8-23-11-9-10-12-24(23)27(25-19(4)13-17(2)14-20(25)5)26-21(6)15-18(3)16-22(26)7/h1,9-16H,2-7H3. The molecule has 0 amide bonds. The maximum Gasteiger partial charge on any atom is 0.244 e.